The van der Waals surface area contributed by atoms with E-state index in [0.29, 0.717) is 6.04 Å². The van der Waals surface area contributed by atoms with E-state index in [1.807, 2.05) is 6.07 Å². The first-order valence-electron chi connectivity index (χ1n) is 4.69. The van der Waals surface area contributed by atoms with Crippen LogP contribution in [-0.2, 0) is 0 Å². The Hall–Kier alpha value is -1.02. The highest BCUT2D eigenvalue weighted by Crippen LogP contribution is 2.28. The third-order valence-electron chi connectivity index (χ3n) is 2.69. The number of methoxy groups -OCH3 is 1. The van der Waals surface area contributed by atoms with E-state index in [1.165, 1.54) is 17.5 Å². The second-order valence-corrected chi connectivity index (χ2v) is 3.52. The lowest BCUT2D eigenvalue weighted by Crippen LogP contribution is -2.35. The largest absolute Gasteiger partial charge is 0.497 e. The Morgan fingerprint density at radius 1 is 1.46 bits per heavy atom. The molecule has 1 N–H and O–H groups in total. The van der Waals surface area contributed by atoms with Gasteiger partial charge in [0.05, 0.1) is 7.11 Å². The van der Waals surface area contributed by atoms with Gasteiger partial charge in [-0.25, -0.2) is 0 Å². The Labute approximate surface area is 78.9 Å². The molecule has 2 heteroatoms. The summed E-state index contributed by atoms with van der Waals surface area (Å²) in [6.07, 6.45) is 1.24. The highest BCUT2D eigenvalue weighted by molar-refractivity contribution is 5.37. The maximum absolute atomic E-state index is 5.20. The van der Waals surface area contributed by atoms with Crippen LogP contribution in [0.3, 0.4) is 0 Å². The third-order valence-corrected chi connectivity index (χ3v) is 2.69. The monoisotopic (exact) mass is 177 g/mol. The van der Waals surface area contributed by atoms with Crippen molar-refractivity contribution in [1.82, 2.24) is 5.32 Å². The molecule has 1 aliphatic heterocycles. The smallest absolute Gasteiger partial charge is 0.119 e. The number of aryl methyl sites for hydroxylation is 1. The van der Waals surface area contributed by atoms with E-state index in [1.54, 1.807) is 7.11 Å². The number of hydrogen-bond acceptors (Lipinski definition) is 2. The molecule has 70 valence electrons. The first-order valence-corrected chi connectivity index (χ1v) is 4.69. The van der Waals surface area contributed by atoms with E-state index in [9.17, 15) is 0 Å². The van der Waals surface area contributed by atoms with Crippen LogP contribution in [0.5, 0.6) is 5.75 Å². The van der Waals surface area contributed by atoms with Gasteiger partial charge in [0.25, 0.3) is 0 Å². The van der Waals surface area contributed by atoms with Crippen molar-refractivity contribution in [2.75, 3.05) is 13.7 Å². The number of hydrogen-bond donors (Lipinski definition) is 1. The van der Waals surface area contributed by atoms with Gasteiger partial charge < -0.3 is 10.1 Å². The molecule has 1 saturated heterocycles. The molecule has 1 aromatic carbocycles. The predicted octanol–water partition coefficient (Wildman–Crippen LogP) is 2.04. The normalized spacial score (nSPS) is 20.9. The summed E-state index contributed by atoms with van der Waals surface area (Å²) in [6.45, 7) is 3.29. The fourth-order valence-electron chi connectivity index (χ4n) is 1.68. The number of benzene rings is 1. The second kappa shape index (κ2) is 3.38. The third kappa shape index (κ3) is 1.54. The van der Waals surface area contributed by atoms with Crippen LogP contribution in [0.2, 0.25) is 0 Å². The maximum atomic E-state index is 5.20. The summed E-state index contributed by atoms with van der Waals surface area (Å²) >= 11 is 0. The minimum Gasteiger partial charge on any atom is -0.497 e. The molecular formula is C11H15NO. The first-order chi connectivity index (χ1) is 6.31. The van der Waals surface area contributed by atoms with Crippen molar-refractivity contribution >= 4 is 0 Å². The average Bonchev–Trinajstić information content (AvgIpc) is 2.06. The molecule has 1 aliphatic rings. The molecule has 2 rings (SSSR count). The lowest BCUT2D eigenvalue weighted by Gasteiger charge is -2.29. The van der Waals surface area contributed by atoms with Gasteiger partial charge in [-0.05, 0) is 43.1 Å². The van der Waals surface area contributed by atoms with Gasteiger partial charge in [0.2, 0.25) is 0 Å². The molecule has 1 fully saturated rings. The summed E-state index contributed by atoms with van der Waals surface area (Å²) in [5.74, 6) is 0.953. The second-order valence-electron chi connectivity index (χ2n) is 3.52. The van der Waals surface area contributed by atoms with Crippen molar-refractivity contribution < 1.29 is 4.74 Å². The Morgan fingerprint density at radius 3 is 2.77 bits per heavy atom. The van der Waals surface area contributed by atoms with E-state index < -0.39 is 0 Å². The fourth-order valence-corrected chi connectivity index (χ4v) is 1.68. The Balaban J connectivity index is 2.30. The summed E-state index contributed by atoms with van der Waals surface area (Å²) in [6, 6.07) is 6.81. The van der Waals surface area contributed by atoms with Gasteiger partial charge in [-0.3, -0.25) is 0 Å². The molecule has 1 aromatic rings. The van der Waals surface area contributed by atoms with E-state index in [4.69, 9.17) is 4.74 Å². The number of ether oxygens (including phenoxy) is 1. The Kier molecular flexibility index (Phi) is 2.23. The van der Waals surface area contributed by atoms with E-state index >= 15 is 0 Å². The van der Waals surface area contributed by atoms with Crippen LogP contribution >= 0.6 is 0 Å². The maximum Gasteiger partial charge on any atom is 0.119 e. The number of rotatable bonds is 2. The lowest BCUT2D eigenvalue weighted by molar-refractivity contribution is 0.376. The molecule has 0 aromatic heterocycles. The summed E-state index contributed by atoms with van der Waals surface area (Å²) in [7, 11) is 1.71. The molecule has 0 bridgehead atoms. The minimum atomic E-state index is 0.551. The molecule has 0 amide bonds. The molecule has 0 unspecified atom stereocenters. The highest BCUT2D eigenvalue weighted by atomic mass is 16.5. The van der Waals surface area contributed by atoms with Crippen LogP contribution in [0.25, 0.3) is 0 Å². The van der Waals surface area contributed by atoms with Gasteiger partial charge in [0.1, 0.15) is 5.75 Å². The van der Waals surface area contributed by atoms with Crippen molar-refractivity contribution in [1.29, 1.82) is 0 Å². The molecule has 13 heavy (non-hydrogen) atoms. The van der Waals surface area contributed by atoms with Crippen LogP contribution in [0.4, 0.5) is 0 Å². The fraction of sp³-hybridized carbons (Fsp3) is 0.455. The van der Waals surface area contributed by atoms with Crippen LogP contribution in [0, 0.1) is 6.92 Å². The van der Waals surface area contributed by atoms with E-state index in [0.717, 1.165) is 12.3 Å². The zero-order valence-corrected chi connectivity index (χ0v) is 8.13. The van der Waals surface area contributed by atoms with Crippen molar-refractivity contribution in [2.45, 2.75) is 19.4 Å². The topological polar surface area (TPSA) is 21.3 Å². The van der Waals surface area contributed by atoms with Gasteiger partial charge in [0, 0.05) is 6.04 Å². The molecular weight excluding hydrogens is 162 g/mol. The van der Waals surface area contributed by atoms with Crippen LogP contribution in [0.15, 0.2) is 18.2 Å². The molecule has 1 atom stereocenters. The van der Waals surface area contributed by atoms with Crippen LogP contribution < -0.4 is 10.1 Å². The van der Waals surface area contributed by atoms with Gasteiger partial charge in [-0.1, -0.05) is 6.07 Å². The molecule has 0 saturated carbocycles. The van der Waals surface area contributed by atoms with Crippen molar-refractivity contribution in [3.05, 3.63) is 29.3 Å². The first kappa shape index (κ1) is 8.57. The summed E-state index contributed by atoms with van der Waals surface area (Å²) in [5, 5.41) is 3.40. The van der Waals surface area contributed by atoms with Gasteiger partial charge in [-0.15, -0.1) is 0 Å². The Bertz CT molecular complexity index is 305. The average molecular weight is 177 g/mol. The highest BCUT2D eigenvalue weighted by Gasteiger charge is 2.20. The van der Waals surface area contributed by atoms with Crippen LogP contribution in [0.1, 0.15) is 23.6 Å². The Morgan fingerprint density at radius 2 is 2.23 bits per heavy atom. The van der Waals surface area contributed by atoms with Gasteiger partial charge in [-0.2, -0.15) is 0 Å². The summed E-state index contributed by atoms with van der Waals surface area (Å²) in [5.41, 5.74) is 2.73. The quantitative estimate of drug-likeness (QED) is 0.746. The lowest BCUT2D eigenvalue weighted by atomic mass is 9.94. The standard InChI is InChI=1S/C11H15NO/c1-8-3-4-9(13-2)7-10(8)11-5-6-12-11/h3-4,7,11-12H,5-6H2,1-2H3/t11-/m0/s1. The van der Waals surface area contributed by atoms with E-state index in [2.05, 4.69) is 24.4 Å². The summed E-state index contributed by atoms with van der Waals surface area (Å²) < 4.78 is 5.20. The van der Waals surface area contributed by atoms with Crippen molar-refractivity contribution in [2.24, 2.45) is 0 Å². The molecule has 0 spiro atoms. The SMILES string of the molecule is COc1ccc(C)c([C@@H]2CCN2)c1. The minimum absolute atomic E-state index is 0.551. The molecule has 0 radical (unpaired) electrons. The van der Waals surface area contributed by atoms with Gasteiger partial charge in [0.15, 0.2) is 0 Å². The zero-order chi connectivity index (χ0) is 9.26. The van der Waals surface area contributed by atoms with Crippen LogP contribution in [-0.4, -0.2) is 13.7 Å². The molecule has 1 heterocycles. The van der Waals surface area contributed by atoms with E-state index in [-0.39, 0.29) is 0 Å². The zero-order valence-electron chi connectivity index (χ0n) is 8.13. The van der Waals surface area contributed by atoms with Crippen molar-refractivity contribution in [3.63, 3.8) is 0 Å². The summed E-state index contributed by atoms with van der Waals surface area (Å²) in [4.78, 5) is 0. The number of nitrogens with one attached hydrogen (secondary N) is 1. The van der Waals surface area contributed by atoms with Gasteiger partial charge >= 0.3 is 0 Å². The molecule has 2 nitrogen and oxygen atoms in total. The molecule has 0 aliphatic carbocycles. The predicted molar refractivity (Wildman–Crippen MR) is 53.1 cm³/mol. The van der Waals surface area contributed by atoms with Crippen molar-refractivity contribution in [3.8, 4) is 5.75 Å².